The van der Waals surface area contributed by atoms with Gasteiger partial charge in [-0.05, 0) is 49.2 Å². The SMILES string of the molecule is COC(=O)c1cc(Br)c(-c2ccc(F)c(F)c2)cc1OC(C)C. The first kappa shape index (κ1) is 17.4. The molecule has 2 aromatic rings. The number of ether oxygens (including phenoxy) is 2. The normalized spacial score (nSPS) is 10.7. The molecule has 2 rings (SSSR count). The molecule has 3 nitrogen and oxygen atoms in total. The van der Waals surface area contributed by atoms with E-state index in [-0.39, 0.29) is 11.7 Å². The highest BCUT2D eigenvalue weighted by atomic mass is 79.9. The summed E-state index contributed by atoms with van der Waals surface area (Å²) in [5, 5.41) is 0. The summed E-state index contributed by atoms with van der Waals surface area (Å²) < 4.78 is 37.5. The Morgan fingerprint density at radius 2 is 1.83 bits per heavy atom. The fraction of sp³-hybridized carbons (Fsp3) is 0.235. The van der Waals surface area contributed by atoms with Gasteiger partial charge in [-0.25, -0.2) is 13.6 Å². The number of rotatable bonds is 4. The Bertz CT molecular complexity index is 745. The van der Waals surface area contributed by atoms with Crippen LogP contribution >= 0.6 is 15.9 Å². The summed E-state index contributed by atoms with van der Waals surface area (Å²) in [7, 11) is 1.28. The molecule has 0 saturated heterocycles. The molecule has 0 unspecified atom stereocenters. The number of hydrogen-bond donors (Lipinski definition) is 0. The van der Waals surface area contributed by atoms with E-state index in [0.29, 0.717) is 21.3 Å². The standard InChI is InChI=1S/C17H15BrF2O3/c1-9(2)23-16-8-11(10-4-5-14(19)15(20)6-10)13(18)7-12(16)17(21)22-3/h4-9H,1-3H3. The van der Waals surface area contributed by atoms with E-state index in [1.807, 2.05) is 13.8 Å². The van der Waals surface area contributed by atoms with E-state index < -0.39 is 17.6 Å². The Labute approximate surface area is 141 Å². The minimum absolute atomic E-state index is 0.169. The number of hydrogen-bond acceptors (Lipinski definition) is 3. The maximum Gasteiger partial charge on any atom is 0.341 e. The Balaban J connectivity index is 2.60. The first-order valence-corrected chi connectivity index (χ1v) is 7.66. The van der Waals surface area contributed by atoms with Crippen LogP contribution in [0.5, 0.6) is 5.75 Å². The lowest BCUT2D eigenvalue weighted by molar-refractivity contribution is 0.0594. The van der Waals surface area contributed by atoms with Crippen LogP contribution in [0.15, 0.2) is 34.8 Å². The van der Waals surface area contributed by atoms with Gasteiger partial charge in [0.25, 0.3) is 0 Å². The molecule has 122 valence electrons. The van der Waals surface area contributed by atoms with Crippen LogP contribution in [0.3, 0.4) is 0 Å². The number of esters is 1. The molecule has 0 fully saturated rings. The average Bonchev–Trinajstić information content (AvgIpc) is 2.50. The van der Waals surface area contributed by atoms with Crippen molar-refractivity contribution in [2.45, 2.75) is 20.0 Å². The van der Waals surface area contributed by atoms with Crippen molar-refractivity contribution in [1.82, 2.24) is 0 Å². The highest BCUT2D eigenvalue weighted by Crippen LogP contribution is 2.36. The van der Waals surface area contributed by atoms with E-state index in [1.165, 1.54) is 13.2 Å². The van der Waals surface area contributed by atoms with Gasteiger partial charge in [-0.15, -0.1) is 0 Å². The van der Waals surface area contributed by atoms with Gasteiger partial charge in [-0.1, -0.05) is 22.0 Å². The first-order chi connectivity index (χ1) is 10.8. The fourth-order valence-corrected chi connectivity index (χ4v) is 2.63. The van der Waals surface area contributed by atoms with E-state index in [0.717, 1.165) is 12.1 Å². The van der Waals surface area contributed by atoms with E-state index in [4.69, 9.17) is 9.47 Å². The van der Waals surface area contributed by atoms with Crippen molar-refractivity contribution in [1.29, 1.82) is 0 Å². The number of carbonyl (C=O) groups excluding carboxylic acids is 1. The molecule has 0 aliphatic carbocycles. The summed E-state index contributed by atoms with van der Waals surface area (Å²) in [5.74, 6) is -2.10. The quantitative estimate of drug-likeness (QED) is 0.698. The van der Waals surface area contributed by atoms with Crippen LogP contribution in [0.4, 0.5) is 8.78 Å². The number of benzene rings is 2. The molecule has 0 aromatic heterocycles. The second-order valence-corrected chi connectivity index (χ2v) is 5.97. The van der Waals surface area contributed by atoms with E-state index in [9.17, 15) is 13.6 Å². The smallest absolute Gasteiger partial charge is 0.341 e. The Kier molecular flexibility index (Phi) is 5.36. The molecule has 0 N–H and O–H groups in total. The second kappa shape index (κ2) is 7.08. The molecule has 0 aliphatic rings. The molecule has 0 heterocycles. The molecule has 0 radical (unpaired) electrons. The molecule has 0 saturated carbocycles. The largest absolute Gasteiger partial charge is 0.490 e. The third kappa shape index (κ3) is 3.88. The summed E-state index contributed by atoms with van der Waals surface area (Å²) in [6.07, 6.45) is -0.169. The van der Waals surface area contributed by atoms with Gasteiger partial charge in [-0.3, -0.25) is 0 Å². The molecular weight excluding hydrogens is 370 g/mol. The number of carbonyl (C=O) groups is 1. The highest BCUT2D eigenvalue weighted by molar-refractivity contribution is 9.10. The van der Waals surface area contributed by atoms with Crippen LogP contribution in [0.2, 0.25) is 0 Å². The minimum atomic E-state index is -0.947. The Morgan fingerprint density at radius 3 is 2.39 bits per heavy atom. The van der Waals surface area contributed by atoms with Gasteiger partial charge in [0, 0.05) is 4.47 Å². The maximum absolute atomic E-state index is 13.5. The summed E-state index contributed by atoms with van der Waals surface area (Å²) in [4.78, 5) is 11.9. The molecule has 0 atom stereocenters. The van der Waals surface area contributed by atoms with Gasteiger partial charge < -0.3 is 9.47 Å². The van der Waals surface area contributed by atoms with E-state index >= 15 is 0 Å². The first-order valence-electron chi connectivity index (χ1n) is 6.87. The lowest BCUT2D eigenvalue weighted by atomic mass is 10.0. The topological polar surface area (TPSA) is 35.5 Å². The zero-order valence-corrected chi connectivity index (χ0v) is 14.4. The molecule has 0 spiro atoms. The summed E-state index contributed by atoms with van der Waals surface area (Å²) in [5.41, 5.74) is 1.28. The summed E-state index contributed by atoms with van der Waals surface area (Å²) in [6.45, 7) is 3.64. The zero-order chi connectivity index (χ0) is 17.1. The maximum atomic E-state index is 13.5. The molecular formula is C17H15BrF2O3. The number of halogens is 3. The van der Waals surface area contributed by atoms with Crippen LogP contribution in [0, 0.1) is 11.6 Å². The van der Waals surface area contributed by atoms with Crippen molar-refractivity contribution >= 4 is 21.9 Å². The van der Waals surface area contributed by atoms with Crippen molar-refractivity contribution in [3.8, 4) is 16.9 Å². The molecule has 0 bridgehead atoms. The molecule has 6 heteroatoms. The van der Waals surface area contributed by atoms with Crippen molar-refractivity contribution in [2.24, 2.45) is 0 Å². The lowest BCUT2D eigenvalue weighted by Gasteiger charge is -2.16. The molecule has 0 aliphatic heterocycles. The van der Waals surface area contributed by atoms with E-state index in [2.05, 4.69) is 15.9 Å². The second-order valence-electron chi connectivity index (χ2n) is 5.12. The minimum Gasteiger partial charge on any atom is -0.490 e. The van der Waals surface area contributed by atoms with Crippen molar-refractivity contribution in [3.05, 3.63) is 52.0 Å². The van der Waals surface area contributed by atoms with Crippen LogP contribution in [0.25, 0.3) is 11.1 Å². The molecule has 2 aromatic carbocycles. The third-order valence-corrected chi connectivity index (χ3v) is 3.72. The van der Waals surface area contributed by atoms with E-state index in [1.54, 1.807) is 12.1 Å². The summed E-state index contributed by atoms with van der Waals surface area (Å²) >= 11 is 3.35. The van der Waals surface area contributed by atoms with Crippen molar-refractivity contribution in [3.63, 3.8) is 0 Å². The zero-order valence-electron chi connectivity index (χ0n) is 12.8. The van der Waals surface area contributed by atoms with Gasteiger partial charge in [-0.2, -0.15) is 0 Å². The molecule has 0 amide bonds. The Morgan fingerprint density at radius 1 is 1.13 bits per heavy atom. The van der Waals surface area contributed by atoms with Gasteiger partial charge in [0.05, 0.1) is 13.2 Å². The van der Waals surface area contributed by atoms with Crippen LogP contribution < -0.4 is 4.74 Å². The lowest BCUT2D eigenvalue weighted by Crippen LogP contribution is -2.11. The fourth-order valence-electron chi connectivity index (χ4n) is 2.06. The van der Waals surface area contributed by atoms with Crippen molar-refractivity contribution in [2.75, 3.05) is 7.11 Å². The van der Waals surface area contributed by atoms with Gasteiger partial charge in [0.15, 0.2) is 11.6 Å². The third-order valence-electron chi connectivity index (χ3n) is 3.07. The average molecular weight is 385 g/mol. The summed E-state index contributed by atoms with van der Waals surface area (Å²) in [6, 6.07) is 6.74. The Hall–Kier alpha value is -1.95. The van der Waals surface area contributed by atoms with Crippen LogP contribution in [-0.4, -0.2) is 19.2 Å². The van der Waals surface area contributed by atoms with Gasteiger partial charge >= 0.3 is 5.97 Å². The number of methoxy groups -OCH3 is 1. The highest BCUT2D eigenvalue weighted by Gasteiger charge is 2.19. The van der Waals surface area contributed by atoms with Gasteiger partial charge in [0.2, 0.25) is 0 Å². The van der Waals surface area contributed by atoms with Crippen LogP contribution in [0.1, 0.15) is 24.2 Å². The predicted molar refractivity (Wildman–Crippen MR) is 86.6 cm³/mol. The van der Waals surface area contributed by atoms with Crippen molar-refractivity contribution < 1.29 is 23.0 Å². The van der Waals surface area contributed by atoms with Gasteiger partial charge in [0.1, 0.15) is 11.3 Å². The predicted octanol–water partition coefficient (Wildman–Crippen LogP) is 4.97. The molecule has 23 heavy (non-hydrogen) atoms. The van der Waals surface area contributed by atoms with Crippen LogP contribution in [-0.2, 0) is 4.74 Å². The monoisotopic (exact) mass is 384 g/mol.